The minimum absolute atomic E-state index is 0.562. The van der Waals surface area contributed by atoms with E-state index in [1.807, 2.05) is 0 Å². The fourth-order valence-corrected chi connectivity index (χ4v) is 3.46. The number of benzene rings is 1. The van der Waals surface area contributed by atoms with E-state index in [4.69, 9.17) is 0 Å². The molecule has 3 heteroatoms. The highest BCUT2D eigenvalue weighted by Gasteiger charge is 2.22. The molecule has 0 unspecified atom stereocenters. The van der Waals surface area contributed by atoms with Crippen molar-refractivity contribution >= 4 is 15.9 Å². The van der Waals surface area contributed by atoms with Crippen LogP contribution in [0, 0.1) is 6.92 Å². The molecular weight excluding hydrogens is 288 g/mol. The maximum Gasteiger partial charge on any atom is 0.0360 e. The Morgan fingerprint density at radius 2 is 2.06 bits per heavy atom. The Balaban J connectivity index is 2.22. The van der Waals surface area contributed by atoms with Crippen LogP contribution in [0.1, 0.15) is 36.9 Å². The largest absolute Gasteiger partial charge is 0.314 e. The Labute approximate surface area is 119 Å². The summed E-state index contributed by atoms with van der Waals surface area (Å²) in [6, 6.07) is 7.32. The van der Waals surface area contributed by atoms with Crippen molar-refractivity contribution in [2.45, 2.75) is 32.7 Å². The summed E-state index contributed by atoms with van der Waals surface area (Å²) in [6.07, 6.45) is 2.47. The SMILES string of the molecule is CCC[C@H](c1ccc(C)cc1Br)N1CCNCC1. The van der Waals surface area contributed by atoms with E-state index in [9.17, 15) is 0 Å². The highest BCUT2D eigenvalue weighted by atomic mass is 79.9. The zero-order valence-electron chi connectivity index (χ0n) is 11.4. The van der Waals surface area contributed by atoms with Gasteiger partial charge in [-0.2, -0.15) is 0 Å². The molecule has 1 atom stereocenters. The topological polar surface area (TPSA) is 15.3 Å². The van der Waals surface area contributed by atoms with E-state index < -0.39 is 0 Å². The number of rotatable bonds is 4. The summed E-state index contributed by atoms with van der Waals surface area (Å²) in [7, 11) is 0. The summed E-state index contributed by atoms with van der Waals surface area (Å²) in [5, 5.41) is 3.43. The standard InChI is InChI=1S/C15H23BrN2/c1-3-4-15(18-9-7-17-8-10-18)13-6-5-12(2)11-14(13)16/h5-6,11,15,17H,3-4,7-10H2,1-2H3/t15-/m1/s1. The monoisotopic (exact) mass is 310 g/mol. The Morgan fingerprint density at radius 3 is 2.67 bits per heavy atom. The van der Waals surface area contributed by atoms with E-state index in [-0.39, 0.29) is 0 Å². The maximum atomic E-state index is 3.74. The maximum absolute atomic E-state index is 3.74. The summed E-state index contributed by atoms with van der Waals surface area (Å²) in [5.41, 5.74) is 2.77. The summed E-state index contributed by atoms with van der Waals surface area (Å²) >= 11 is 3.74. The number of nitrogens with one attached hydrogen (secondary N) is 1. The van der Waals surface area contributed by atoms with Gasteiger partial charge in [0, 0.05) is 36.7 Å². The predicted octanol–water partition coefficient (Wildman–Crippen LogP) is 3.50. The molecule has 1 aliphatic heterocycles. The van der Waals surface area contributed by atoms with Gasteiger partial charge in [-0.1, -0.05) is 41.4 Å². The van der Waals surface area contributed by atoms with Crippen LogP contribution in [0.4, 0.5) is 0 Å². The van der Waals surface area contributed by atoms with Crippen molar-refractivity contribution in [2.75, 3.05) is 26.2 Å². The molecule has 18 heavy (non-hydrogen) atoms. The highest BCUT2D eigenvalue weighted by Crippen LogP contribution is 2.32. The van der Waals surface area contributed by atoms with E-state index >= 15 is 0 Å². The molecule has 0 aromatic heterocycles. The van der Waals surface area contributed by atoms with Crippen LogP contribution in [0.5, 0.6) is 0 Å². The van der Waals surface area contributed by atoms with E-state index in [0.29, 0.717) is 6.04 Å². The summed E-state index contributed by atoms with van der Waals surface area (Å²) in [6.45, 7) is 8.97. The Kier molecular flexibility index (Phi) is 5.22. The quantitative estimate of drug-likeness (QED) is 0.915. The number of halogens is 1. The molecule has 1 N–H and O–H groups in total. The number of nitrogens with zero attached hydrogens (tertiary/aromatic N) is 1. The number of hydrogen-bond donors (Lipinski definition) is 1. The van der Waals surface area contributed by atoms with Crippen LogP contribution in [-0.2, 0) is 0 Å². The lowest BCUT2D eigenvalue weighted by Gasteiger charge is -2.35. The van der Waals surface area contributed by atoms with Crippen LogP contribution in [0.25, 0.3) is 0 Å². The molecule has 0 aliphatic carbocycles. The minimum Gasteiger partial charge on any atom is -0.314 e. The molecule has 0 amide bonds. The van der Waals surface area contributed by atoms with Crippen LogP contribution in [0.2, 0.25) is 0 Å². The molecule has 1 heterocycles. The van der Waals surface area contributed by atoms with E-state index in [0.717, 1.165) is 26.2 Å². The van der Waals surface area contributed by atoms with Crippen LogP contribution in [0.15, 0.2) is 22.7 Å². The smallest absolute Gasteiger partial charge is 0.0360 e. The molecule has 0 saturated carbocycles. The lowest BCUT2D eigenvalue weighted by Crippen LogP contribution is -2.45. The lowest BCUT2D eigenvalue weighted by molar-refractivity contribution is 0.164. The van der Waals surface area contributed by atoms with E-state index in [1.165, 1.54) is 28.4 Å². The second-order valence-corrected chi connectivity index (χ2v) is 5.97. The minimum atomic E-state index is 0.562. The molecule has 100 valence electrons. The third-order valence-corrected chi connectivity index (χ3v) is 4.36. The first-order valence-electron chi connectivity index (χ1n) is 6.93. The Hall–Kier alpha value is -0.380. The lowest BCUT2D eigenvalue weighted by atomic mass is 9.99. The van der Waals surface area contributed by atoms with Crippen molar-refractivity contribution < 1.29 is 0 Å². The van der Waals surface area contributed by atoms with Gasteiger partial charge in [0.15, 0.2) is 0 Å². The van der Waals surface area contributed by atoms with Gasteiger partial charge in [0.05, 0.1) is 0 Å². The summed E-state index contributed by atoms with van der Waals surface area (Å²) in [4.78, 5) is 2.62. The van der Waals surface area contributed by atoms with Gasteiger partial charge in [0.1, 0.15) is 0 Å². The zero-order chi connectivity index (χ0) is 13.0. The number of hydrogen-bond acceptors (Lipinski definition) is 2. The van der Waals surface area contributed by atoms with Crippen LogP contribution >= 0.6 is 15.9 Å². The van der Waals surface area contributed by atoms with Gasteiger partial charge in [-0.25, -0.2) is 0 Å². The molecule has 1 aromatic carbocycles. The molecular formula is C15H23BrN2. The van der Waals surface area contributed by atoms with Crippen LogP contribution < -0.4 is 5.32 Å². The first-order chi connectivity index (χ1) is 8.72. The molecule has 2 rings (SSSR count). The zero-order valence-corrected chi connectivity index (χ0v) is 13.0. The number of aryl methyl sites for hydroxylation is 1. The molecule has 0 bridgehead atoms. The molecule has 1 fully saturated rings. The molecule has 2 nitrogen and oxygen atoms in total. The van der Waals surface area contributed by atoms with Crippen LogP contribution in [0.3, 0.4) is 0 Å². The first-order valence-corrected chi connectivity index (χ1v) is 7.72. The van der Waals surface area contributed by atoms with Crippen molar-refractivity contribution in [2.24, 2.45) is 0 Å². The van der Waals surface area contributed by atoms with Gasteiger partial charge >= 0.3 is 0 Å². The van der Waals surface area contributed by atoms with E-state index in [1.54, 1.807) is 0 Å². The van der Waals surface area contributed by atoms with Crippen molar-refractivity contribution in [3.05, 3.63) is 33.8 Å². The normalized spacial score (nSPS) is 18.8. The second kappa shape index (κ2) is 6.69. The second-order valence-electron chi connectivity index (χ2n) is 5.12. The summed E-state index contributed by atoms with van der Waals surface area (Å²) < 4.78 is 1.26. The Morgan fingerprint density at radius 1 is 1.33 bits per heavy atom. The predicted molar refractivity (Wildman–Crippen MR) is 81.0 cm³/mol. The van der Waals surface area contributed by atoms with Crippen molar-refractivity contribution in [3.63, 3.8) is 0 Å². The van der Waals surface area contributed by atoms with Gasteiger partial charge < -0.3 is 5.32 Å². The third-order valence-electron chi connectivity index (χ3n) is 3.67. The van der Waals surface area contributed by atoms with Gasteiger partial charge in [-0.05, 0) is 30.5 Å². The molecule has 0 radical (unpaired) electrons. The average Bonchev–Trinajstić information content (AvgIpc) is 2.38. The molecule has 0 spiro atoms. The fourth-order valence-electron chi connectivity index (χ4n) is 2.70. The summed E-state index contributed by atoms with van der Waals surface area (Å²) in [5.74, 6) is 0. The highest BCUT2D eigenvalue weighted by molar-refractivity contribution is 9.10. The van der Waals surface area contributed by atoms with Gasteiger partial charge in [0.25, 0.3) is 0 Å². The van der Waals surface area contributed by atoms with Gasteiger partial charge in [-0.15, -0.1) is 0 Å². The van der Waals surface area contributed by atoms with E-state index in [2.05, 4.69) is 58.2 Å². The number of piperazine rings is 1. The fraction of sp³-hybridized carbons (Fsp3) is 0.600. The molecule has 1 aliphatic rings. The van der Waals surface area contributed by atoms with Crippen molar-refractivity contribution in [1.82, 2.24) is 10.2 Å². The first kappa shape index (κ1) is 14.0. The van der Waals surface area contributed by atoms with Gasteiger partial charge in [-0.3, -0.25) is 4.90 Å². The Bertz CT molecular complexity index is 386. The average molecular weight is 311 g/mol. The third kappa shape index (κ3) is 3.34. The van der Waals surface area contributed by atoms with Crippen molar-refractivity contribution in [1.29, 1.82) is 0 Å². The molecule has 1 saturated heterocycles. The molecule has 1 aromatic rings. The van der Waals surface area contributed by atoms with Crippen molar-refractivity contribution in [3.8, 4) is 0 Å². The van der Waals surface area contributed by atoms with Crippen LogP contribution in [-0.4, -0.2) is 31.1 Å². The van der Waals surface area contributed by atoms with Gasteiger partial charge in [0.2, 0.25) is 0 Å².